The molecule has 1 aromatic carbocycles. The molecule has 1 aromatic rings. The Morgan fingerprint density at radius 3 is 2.61 bits per heavy atom. The number of oxime groups is 1. The molecule has 0 bridgehead atoms. The summed E-state index contributed by atoms with van der Waals surface area (Å²) >= 11 is 5.76. The molecule has 1 rings (SSSR count). The van der Waals surface area contributed by atoms with Gasteiger partial charge < -0.3 is 4.84 Å². The van der Waals surface area contributed by atoms with E-state index in [9.17, 15) is 21.6 Å². The summed E-state index contributed by atoms with van der Waals surface area (Å²) in [5, 5.41) is 12.3. The molecule has 6 nitrogen and oxygen atoms in total. The highest BCUT2D eigenvalue weighted by molar-refractivity contribution is 7.93. The van der Waals surface area contributed by atoms with Gasteiger partial charge in [-0.25, -0.2) is 0 Å². The third kappa shape index (κ3) is 5.01. The molecule has 0 aliphatic rings. The van der Waals surface area contributed by atoms with E-state index in [4.69, 9.17) is 21.7 Å². The van der Waals surface area contributed by atoms with Crippen molar-refractivity contribution in [3.8, 4) is 6.07 Å². The van der Waals surface area contributed by atoms with Crippen molar-refractivity contribution in [3.63, 3.8) is 0 Å². The smallest absolute Gasteiger partial charge is 0.377 e. The second kappa shape index (κ2) is 7.06. The number of rotatable bonds is 5. The average molecular weight is 370 g/mol. The van der Waals surface area contributed by atoms with Gasteiger partial charge in [-0.1, -0.05) is 16.8 Å². The molecule has 0 amide bonds. The van der Waals surface area contributed by atoms with Gasteiger partial charge in [-0.3, -0.25) is 4.72 Å². The topological polar surface area (TPSA) is 91.5 Å². The van der Waals surface area contributed by atoms with E-state index in [1.165, 1.54) is 30.7 Å². The number of nitrogens with one attached hydrogen (secondary N) is 1. The average Bonchev–Trinajstić information content (AvgIpc) is 2.44. The molecule has 1 unspecified atom stereocenters. The van der Waals surface area contributed by atoms with Crippen molar-refractivity contribution < 1.29 is 26.4 Å². The number of hydrogen-bond donors (Lipinski definition) is 1. The van der Waals surface area contributed by atoms with Crippen molar-refractivity contribution >= 4 is 33.0 Å². The second-order valence-electron chi connectivity index (χ2n) is 4.29. The van der Waals surface area contributed by atoms with Gasteiger partial charge in [0.1, 0.15) is 6.07 Å². The normalized spacial score (nSPS) is 14.0. The predicted octanol–water partition coefficient (Wildman–Crippen LogP) is 3.25. The van der Waals surface area contributed by atoms with E-state index in [0.717, 1.165) is 6.07 Å². The van der Waals surface area contributed by atoms with Crippen LogP contribution in [0.15, 0.2) is 23.4 Å². The highest BCUT2D eigenvalue weighted by Crippen LogP contribution is 2.28. The van der Waals surface area contributed by atoms with Gasteiger partial charge in [-0.15, -0.1) is 0 Å². The van der Waals surface area contributed by atoms with Gasteiger partial charge in [0, 0.05) is 10.6 Å². The number of anilines is 1. The fourth-order valence-electron chi connectivity index (χ4n) is 1.34. The summed E-state index contributed by atoms with van der Waals surface area (Å²) in [6.45, 7) is 2.77. The van der Waals surface area contributed by atoms with Crippen molar-refractivity contribution in [3.05, 3.63) is 28.8 Å². The third-order valence-electron chi connectivity index (χ3n) is 2.45. The number of halogens is 4. The van der Waals surface area contributed by atoms with Gasteiger partial charge in [0.05, 0.1) is 11.4 Å². The summed E-state index contributed by atoms with van der Waals surface area (Å²) in [7, 11) is -5.60. The van der Waals surface area contributed by atoms with Crippen LogP contribution in [0.1, 0.15) is 19.4 Å². The zero-order valence-electron chi connectivity index (χ0n) is 11.8. The lowest BCUT2D eigenvalue weighted by atomic mass is 10.1. The molecule has 0 spiro atoms. The Hall–Kier alpha value is -1.99. The Morgan fingerprint density at radius 1 is 1.48 bits per heavy atom. The maximum Gasteiger partial charge on any atom is 0.516 e. The number of benzene rings is 1. The Balaban J connectivity index is 3.24. The molecule has 126 valence electrons. The highest BCUT2D eigenvalue weighted by atomic mass is 35.5. The Morgan fingerprint density at radius 2 is 2.09 bits per heavy atom. The number of hydrogen-bond acceptors (Lipinski definition) is 5. The summed E-state index contributed by atoms with van der Waals surface area (Å²) in [4.78, 5) is 4.78. The largest absolute Gasteiger partial charge is 0.516 e. The summed E-state index contributed by atoms with van der Waals surface area (Å²) in [6, 6.07) is 5.23. The van der Waals surface area contributed by atoms with Crippen LogP contribution in [0.5, 0.6) is 0 Å². The van der Waals surface area contributed by atoms with Gasteiger partial charge in [-0.2, -0.15) is 26.9 Å². The molecule has 11 heteroatoms. The van der Waals surface area contributed by atoms with Gasteiger partial charge in [0.25, 0.3) is 0 Å². The lowest BCUT2D eigenvalue weighted by Gasteiger charge is -2.14. The Bertz CT molecular complexity index is 757. The molecule has 23 heavy (non-hydrogen) atoms. The fraction of sp³-hybridized carbons (Fsp3) is 0.333. The third-order valence-corrected chi connectivity index (χ3v) is 3.78. The zero-order chi connectivity index (χ0) is 17.8. The maximum atomic E-state index is 12.5. The first-order valence-corrected chi connectivity index (χ1v) is 7.83. The standard InChI is InChI=1S/C12H11ClF3N3O3S/c1-7(6-17)22-18-8(2)10-5-9(13)3-4-11(10)19-23(20,21)12(14,15)16/h3-5,7,19H,1-2H3/b18-8+. The summed E-state index contributed by atoms with van der Waals surface area (Å²) in [5.41, 5.74) is -5.83. The maximum absolute atomic E-state index is 12.5. The molecular weight excluding hydrogens is 359 g/mol. The quantitative estimate of drug-likeness (QED) is 0.637. The molecule has 0 aliphatic carbocycles. The fourth-order valence-corrected chi connectivity index (χ4v) is 2.09. The van der Waals surface area contributed by atoms with E-state index in [1.807, 2.05) is 0 Å². The zero-order valence-corrected chi connectivity index (χ0v) is 13.4. The molecule has 0 aromatic heterocycles. The first-order valence-electron chi connectivity index (χ1n) is 5.97. The lowest BCUT2D eigenvalue weighted by Crippen LogP contribution is -2.30. The number of alkyl halides is 3. The van der Waals surface area contributed by atoms with E-state index in [-0.39, 0.29) is 22.0 Å². The van der Waals surface area contributed by atoms with E-state index in [0.29, 0.717) is 0 Å². The van der Waals surface area contributed by atoms with Crippen LogP contribution in [0.25, 0.3) is 0 Å². The molecule has 0 heterocycles. The summed E-state index contributed by atoms with van der Waals surface area (Å²) in [5.74, 6) is 0. The van der Waals surface area contributed by atoms with Crippen LogP contribution in [-0.2, 0) is 14.9 Å². The molecule has 0 saturated carbocycles. The van der Waals surface area contributed by atoms with Gasteiger partial charge >= 0.3 is 15.5 Å². The lowest BCUT2D eigenvalue weighted by molar-refractivity contribution is -0.0429. The van der Waals surface area contributed by atoms with Gasteiger partial charge in [-0.05, 0) is 32.0 Å². The minimum atomic E-state index is -5.60. The van der Waals surface area contributed by atoms with E-state index in [1.54, 1.807) is 6.07 Å². The van der Waals surface area contributed by atoms with E-state index >= 15 is 0 Å². The first kappa shape index (κ1) is 19.1. The summed E-state index contributed by atoms with van der Waals surface area (Å²) in [6.07, 6.45) is -0.889. The van der Waals surface area contributed by atoms with Gasteiger partial charge in [0.2, 0.25) is 6.10 Å². The molecule has 0 aliphatic heterocycles. The van der Waals surface area contributed by atoms with Crippen LogP contribution < -0.4 is 4.72 Å². The summed E-state index contributed by atoms with van der Waals surface area (Å²) < 4.78 is 61.2. The van der Waals surface area contributed by atoms with Crippen LogP contribution in [-0.4, -0.2) is 25.7 Å². The van der Waals surface area contributed by atoms with Crippen molar-refractivity contribution in [2.24, 2.45) is 5.16 Å². The van der Waals surface area contributed by atoms with Crippen LogP contribution in [0.3, 0.4) is 0 Å². The number of nitriles is 1. The first-order chi connectivity index (χ1) is 10.5. The number of sulfonamides is 1. The van der Waals surface area contributed by atoms with Crippen LogP contribution >= 0.6 is 11.6 Å². The second-order valence-corrected chi connectivity index (χ2v) is 6.40. The van der Waals surface area contributed by atoms with Crippen LogP contribution in [0.4, 0.5) is 18.9 Å². The van der Waals surface area contributed by atoms with Crippen molar-refractivity contribution in [2.45, 2.75) is 25.5 Å². The minimum Gasteiger partial charge on any atom is -0.377 e. The Kier molecular flexibility index (Phi) is 5.85. The molecule has 1 N–H and O–H groups in total. The molecular formula is C12H11ClF3N3O3S. The Labute approximate surface area is 135 Å². The minimum absolute atomic E-state index is 0.0181. The van der Waals surface area contributed by atoms with Crippen LogP contribution in [0.2, 0.25) is 5.02 Å². The van der Waals surface area contributed by atoms with Crippen molar-refractivity contribution in [1.82, 2.24) is 0 Å². The molecule has 1 atom stereocenters. The van der Waals surface area contributed by atoms with Crippen molar-refractivity contribution in [1.29, 1.82) is 5.26 Å². The molecule has 0 saturated heterocycles. The van der Waals surface area contributed by atoms with Crippen molar-refractivity contribution in [2.75, 3.05) is 4.72 Å². The predicted molar refractivity (Wildman–Crippen MR) is 78.4 cm³/mol. The number of nitrogens with zero attached hydrogens (tertiary/aromatic N) is 2. The van der Waals surface area contributed by atoms with Gasteiger partial charge in [0.15, 0.2) is 0 Å². The van der Waals surface area contributed by atoms with E-state index in [2.05, 4.69) is 5.16 Å². The highest BCUT2D eigenvalue weighted by Gasteiger charge is 2.46. The molecule has 0 fully saturated rings. The van der Waals surface area contributed by atoms with Crippen LogP contribution in [0, 0.1) is 11.3 Å². The molecule has 0 radical (unpaired) electrons. The SMILES string of the molecule is C/C(=N\OC(C)C#N)c1cc(Cl)ccc1NS(=O)(=O)C(F)(F)F. The monoisotopic (exact) mass is 369 g/mol. The van der Waals surface area contributed by atoms with E-state index < -0.39 is 21.6 Å².